The summed E-state index contributed by atoms with van der Waals surface area (Å²) in [5.74, 6) is 0. The first kappa shape index (κ1) is 37.1. The van der Waals surface area contributed by atoms with Crippen LogP contribution in [0.2, 0.25) is 0 Å². The summed E-state index contributed by atoms with van der Waals surface area (Å²) in [4.78, 5) is 39.1. The second-order valence-electron chi connectivity index (χ2n) is 14.1. The molecule has 4 bridgehead atoms. The second kappa shape index (κ2) is 19.7. The molecule has 0 fully saturated rings. The van der Waals surface area contributed by atoms with Gasteiger partial charge in [-0.05, 0) is 85.6 Å². The van der Waals surface area contributed by atoms with Gasteiger partial charge in [-0.3, -0.25) is 49.5 Å². The predicted molar refractivity (Wildman–Crippen MR) is 211 cm³/mol. The summed E-state index contributed by atoms with van der Waals surface area (Å²) in [7, 11) is 0. The van der Waals surface area contributed by atoms with Crippen LogP contribution in [0.25, 0.3) is 0 Å². The lowest BCUT2D eigenvalue weighted by molar-refractivity contribution is 0.196. The minimum atomic E-state index is 0.747. The zero-order chi connectivity index (χ0) is 36.6. The summed E-state index contributed by atoms with van der Waals surface area (Å²) in [6, 6.07) is 37.6. The lowest BCUT2D eigenvalue weighted by Crippen LogP contribution is -2.32. The fourth-order valence-corrected chi connectivity index (χ4v) is 7.10. The first-order valence-corrected chi connectivity index (χ1v) is 19.1. The summed E-state index contributed by atoms with van der Waals surface area (Å²) in [5, 5.41) is 0. The number of nitrogens with zero attached hydrogens (tertiary/aromatic N) is 10. The summed E-state index contributed by atoms with van der Waals surface area (Å²) >= 11 is 0. The van der Waals surface area contributed by atoms with Crippen LogP contribution in [0.1, 0.15) is 58.4 Å². The first-order chi connectivity index (χ1) is 26.7. The molecule has 0 spiro atoms. The summed E-state index contributed by atoms with van der Waals surface area (Å²) in [6.07, 6.45) is 9.48. The molecule has 1 aliphatic rings. The molecule has 7 heterocycles. The van der Waals surface area contributed by atoms with Crippen LogP contribution in [0.4, 0.5) is 0 Å². The van der Waals surface area contributed by atoms with Crippen molar-refractivity contribution in [2.45, 2.75) is 65.2 Å². The summed E-state index contributed by atoms with van der Waals surface area (Å²) in [6.45, 7) is 9.66. The predicted octanol–water partition coefficient (Wildman–Crippen LogP) is 6.56. The zero-order valence-corrected chi connectivity index (χ0v) is 31.1. The van der Waals surface area contributed by atoms with Crippen LogP contribution >= 0.6 is 0 Å². The van der Waals surface area contributed by atoms with E-state index in [1.807, 2.05) is 49.1 Å². The molecule has 7 rings (SSSR count). The molecule has 10 heteroatoms. The number of aromatic nitrogens is 6. The topological polar surface area (TPSA) is 90.3 Å². The van der Waals surface area contributed by atoms with Crippen LogP contribution in [-0.4, -0.2) is 75.7 Å². The number of hydrogen-bond acceptors (Lipinski definition) is 10. The van der Waals surface area contributed by atoms with E-state index in [2.05, 4.69) is 124 Å². The fourth-order valence-electron chi connectivity index (χ4n) is 7.10. The van der Waals surface area contributed by atoms with Gasteiger partial charge in [0.1, 0.15) is 0 Å². The molecule has 6 aromatic rings. The fraction of sp³-hybridized carbons (Fsp3) is 0.318. The molecule has 0 atom stereocenters. The van der Waals surface area contributed by atoms with Gasteiger partial charge in [0.25, 0.3) is 0 Å². The first-order valence-electron chi connectivity index (χ1n) is 19.1. The van der Waals surface area contributed by atoms with Gasteiger partial charge in [0.05, 0.1) is 45.6 Å². The maximum atomic E-state index is 5.23. The Morgan fingerprint density at radius 1 is 0.333 bits per heavy atom. The van der Waals surface area contributed by atoms with E-state index >= 15 is 0 Å². The Hall–Kier alpha value is -5.26. The largest absolute Gasteiger partial charge is 0.292 e. The van der Waals surface area contributed by atoms with Gasteiger partial charge in [0, 0.05) is 103 Å². The highest BCUT2D eigenvalue weighted by Gasteiger charge is 2.17. The van der Waals surface area contributed by atoms with E-state index in [9.17, 15) is 0 Å². The SMILES string of the molecule is c1ccc(CN2CCCN(Cc3ccccn3)Cc3cccc(n3)CN(Cc3ccccn3)CCCN(Cc3ccccn3)Cc3cccc(n3)C2)nc1. The molecule has 1 aliphatic heterocycles. The molecule has 0 saturated heterocycles. The monoisotopic (exact) mass is 718 g/mol. The van der Waals surface area contributed by atoms with E-state index in [-0.39, 0.29) is 0 Å². The van der Waals surface area contributed by atoms with Crippen molar-refractivity contribution in [2.24, 2.45) is 0 Å². The van der Waals surface area contributed by atoms with Gasteiger partial charge in [-0.25, -0.2) is 0 Å². The maximum absolute atomic E-state index is 5.23. The van der Waals surface area contributed by atoms with Gasteiger partial charge in [0.15, 0.2) is 0 Å². The van der Waals surface area contributed by atoms with Gasteiger partial charge in [-0.15, -0.1) is 0 Å². The van der Waals surface area contributed by atoms with Gasteiger partial charge < -0.3 is 0 Å². The smallest absolute Gasteiger partial charge is 0.0548 e. The average Bonchev–Trinajstić information content (AvgIpc) is 3.19. The Labute approximate surface area is 319 Å². The van der Waals surface area contributed by atoms with Crippen molar-refractivity contribution in [2.75, 3.05) is 26.2 Å². The quantitative estimate of drug-likeness (QED) is 0.173. The van der Waals surface area contributed by atoms with Crippen molar-refractivity contribution in [3.05, 3.63) is 180 Å². The Morgan fingerprint density at radius 2 is 0.611 bits per heavy atom. The summed E-state index contributed by atoms with van der Waals surface area (Å²) in [5.41, 5.74) is 8.54. The van der Waals surface area contributed by atoms with Crippen LogP contribution in [0.5, 0.6) is 0 Å². The van der Waals surface area contributed by atoms with Crippen molar-refractivity contribution >= 4 is 0 Å². The molecule has 0 aliphatic carbocycles. The molecule has 10 nitrogen and oxygen atoms in total. The molecule has 0 amide bonds. The van der Waals surface area contributed by atoms with E-state index in [0.29, 0.717) is 0 Å². The number of hydrogen-bond donors (Lipinski definition) is 0. The van der Waals surface area contributed by atoms with Gasteiger partial charge in [0.2, 0.25) is 0 Å². The van der Waals surface area contributed by atoms with Crippen LogP contribution in [0.15, 0.2) is 134 Å². The zero-order valence-electron chi connectivity index (χ0n) is 31.1. The van der Waals surface area contributed by atoms with Gasteiger partial charge in [-0.1, -0.05) is 36.4 Å². The molecule has 0 aromatic carbocycles. The highest BCUT2D eigenvalue weighted by molar-refractivity contribution is 5.15. The molecule has 54 heavy (non-hydrogen) atoms. The highest BCUT2D eigenvalue weighted by atomic mass is 15.2. The Kier molecular flexibility index (Phi) is 13.5. The number of fused-ring (bicyclic) bond motifs is 4. The second-order valence-corrected chi connectivity index (χ2v) is 14.1. The molecule has 276 valence electrons. The molecular weight excluding hydrogens is 669 g/mol. The third kappa shape index (κ3) is 11.9. The highest BCUT2D eigenvalue weighted by Crippen LogP contribution is 2.16. The van der Waals surface area contributed by atoms with Gasteiger partial charge >= 0.3 is 0 Å². The summed E-state index contributed by atoms with van der Waals surface area (Å²) < 4.78 is 0. The van der Waals surface area contributed by atoms with E-state index in [1.165, 1.54) is 0 Å². The van der Waals surface area contributed by atoms with E-state index < -0.39 is 0 Å². The van der Waals surface area contributed by atoms with E-state index in [0.717, 1.165) is 137 Å². The minimum absolute atomic E-state index is 0.747. The Balaban J connectivity index is 1.17. The lowest BCUT2D eigenvalue weighted by Gasteiger charge is -2.27. The molecule has 0 unspecified atom stereocenters. The third-order valence-corrected chi connectivity index (χ3v) is 9.62. The molecule has 6 aromatic heterocycles. The molecule has 0 saturated carbocycles. The standard InChI is InChI=1S/C44H50N10/c1-5-21-45-37(13-1)29-51-25-11-26-52(30-38-14-2-6-22-46-38)35-43-19-10-20-44(50-43)36-54(32-40-16-4-8-24-48-40)28-12-27-53(31-39-15-3-7-23-47-39)34-42-18-9-17-41(33-51)49-42/h1-10,13-24H,11-12,25-36H2. The van der Waals surface area contributed by atoms with Crippen LogP contribution in [-0.2, 0) is 52.4 Å². The molecule has 0 radical (unpaired) electrons. The minimum Gasteiger partial charge on any atom is -0.292 e. The van der Waals surface area contributed by atoms with Crippen molar-refractivity contribution in [3.63, 3.8) is 0 Å². The van der Waals surface area contributed by atoms with Crippen LogP contribution in [0.3, 0.4) is 0 Å². The van der Waals surface area contributed by atoms with E-state index in [4.69, 9.17) is 9.97 Å². The van der Waals surface area contributed by atoms with Crippen molar-refractivity contribution in [1.82, 2.24) is 49.5 Å². The Morgan fingerprint density at radius 3 is 0.852 bits per heavy atom. The molecular formula is C44H50N10. The van der Waals surface area contributed by atoms with Crippen molar-refractivity contribution in [1.29, 1.82) is 0 Å². The van der Waals surface area contributed by atoms with Crippen LogP contribution in [0, 0.1) is 0 Å². The molecule has 0 N–H and O–H groups in total. The van der Waals surface area contributed by atoms with Crippen LogP contribution < -0.4 is 0 Å². The van der Waals surface area contributed by atoms with Gasteiger partial charge in [-0.2, -0.15) is 0 Å². The number of pyridine rings is 6. The number of rotatable bonds is 8. The maximum Gasteiger partial charge on any atom is 0.0548 e. The normalized spacial score (nSPS) is 16.1. The lowest BCUT2D eigenvalue weighted by atomic mass is 10.2. The van der Waals surface area contributed by atoms with E-state index in [1.54, 1.807) is 0 Å². The third-order valence-electron chi connectivity index (χ3n) is 9.62. The van der Waals surface area contributed by atoms with Crippen molar-refractivity contribution in [3.8, 4) is 0 Å². The van der Waals surface area contributed by atoms with Crippen molar-refractivity contribution < 1.29 is 0 Å². The average molecular weight is 719 g/mol. The Bertz CT molecular complexity index is 1690.